The molecule has 0 aliphatic heterocycles. The number of fused-ring (bicyclic) bond motifs is 4. The van der Waals surface area contributed by atoms with E-state index in [-0.39, 0.29) is 0 Å². The molecule has 2 heterocycles. The van der Waals surface area contributed by atoms with Crippen LogP contribution < -0.4 is 0 Å². The number of furan rings is 1. The van der Waals surface area contributed by atoms with Crippen LogP contribution in [0.2, 0.25) is 0 Å². The van der Waals surface area contributed by atoms with Gasteiger partial charge < -0.3 is 4.42 Å². The van der Waals surface area contributed by atoms with E-state index in [9.17, 15) is 0 Å². The summed E-state index contributed by atoms with van der Waals surface area (Å²) in [5, 5.41) is 4.75. The van der Waals surface area contributed by atoms with Crippen molar-refractivity contribution in [1.82, 2.24) is 4.98 Å². The van der Waals surface area contributed by atoms with Gasteiger partial charge in [-0.15, -0.1) is 0 Å². The van der Waals surface area contributed by atoms with Gasteiger partial charge in [0.05, 0.1) is 5.69 Å². The van der Waals surface area contributed by atoms with Gasteiger partial charge in [-0.3, -0.25) is 4.98 Å². The van der Waals surface area contributed by atoms with Crippen LogP contribution in [0, 0.1) is 20.8 Å². The fraction of sp³-hybridized carbons (Fsp3) is 0.100. The van der Waals surface area contributed by atoms with Gasteiger partial charge in [-0.2, -0.15) is 0 Å². The lowest BCUT2D eigenvalue weighted by molar-refractivity contribution is 0.670. The Bertz CT molecular complexity index is 1640. The molecule has 0 amide bonds. The first-order valence-corrected chi connectivity index (χ1v) is 11.0. The molecular weight excluding hydrogens is 390 g/mol. The first-order chi connectivity index (χ1) is 15.6. The molecule has 0 unspecified atom stereocenters. The van der Waals surface area contributed by atoms with Crippen LogP contribution in [0.5, 0.6) is 0 Å². The van der Waals surface area contributed by atoms with Crippen molar-refractivity contribution in [2.24, 2.45) is 0 Å². The number of hydrogen-bond donors (Lipinski definition) is 0. The third-order valence-corrected chi connectivity index (χ3v) is 6.45. The van der Waals surface area contributed by atoms with Crippen molar-refractivity contribution in [2.75, 3.05) is 0 Å². The van der Waals surface area contributed by atoms with E-state index in [0.29, 0.717) is 0 Å². The number of aromatic nitrogens is 1. The van der Waals surface area contributed by atoms with Crippen LogP contribution in [-0.4, -0.2) is 4.98 Å². The van der Waals surface area contributed by atoms with Crippen molar-refractivity contribution in [3.05, 3.63) is 102 Å². The minimum absolute atomic E-state index is 0.920. The van der Waals surface area contributed by atoms with Crippen LogP contribution in [0.25, 0.3) is 55.1 Å². The zero-order valence-electron chi connectivity index (χ0n) is 18.4. The smallest absolute Gasteiger partial charge is 0.145 e. The minimum Gasteiger partial charge on any atom is -0.455 e. The van der Waals surface area contributed by atoms with E-state index in [4.69, 9.17) is 9.40 Å². The maximum absolute atomic E-state index is 6.54. The molecule has 2 nitrogen and oxygen atoms in total. The number of benzene rings is 4. The molecule has 32 heavy (non-hydrogen) atoms. The highest BCUT2D eigenvalue weighted by atomic mass is 16.3. The molecule has 0 radical (unpaired) electrons. The Balaban J connectivity index is 1.67. The maximum Gasteiger partial charge on any atom is 0.145 e. The van der Waals surface area contributed by atoms with E-state index in [0.717, 1.165) is 33.4 Å². The Morgan fingerprint density at radius 1 is 0.688 bits per heavy atom. The third kappa shape index (κ3) is 2.84. The molecule has 0 bridgehead atoms. The summed E-state index contributed by atoms with van der Waals surface area (Å²) in [7, 11) is 0. The second-order valence-corrected chi connectivity index (χ2v) is 8.64. The number of rotatable bonds is 2. The van der Waals surface area contributed by atoms with Gasteiger partial charge >= 0.3 is 0 Å². The molecule has 4 aromatic carbocycles. The molecular formula is C30H23NO. The Kier molecular flexibility index (Phi) is 4.16. The molecule has 6 rings (SSSR count). The van der Waals surface area contributed by atoms with Crippen LogP contribution in [0.4, 0.5) is 0 Å². The molecule has 2 aromatic heterocycles. The lowest BCUT2D eigenvalue weighted by Gasteiger charge is -2.12. The van der Waals surface area contributed by atoms with E-state index >= 15 is 0 Å². The van der Waals surface area contributed by atoms with Crippen LogP contribution >= 0.6 is 0 Å². The van der Waals surface area contributed by atoms with Crippen LogP contribution in [-0.2, 0) is 0 Å². The summed E-state index contributed by atoms with van der Waals surface area (Å²) >= 11 is 0. The van der Waals surface area contributed by atoms with E-state index in [1.165, 1.54) is 38.4 Å². The van der Waals surface area contributed by atoms with Gasteiger partial charge in [-0.1, -0.05) is 60.7 Å². The second-order valence-electron chi connectivity index (χ2n) is 8.64. The molecule has 0 fully saturated rings. The Morgan fingerprint density at radius 2 is 1.41 bits per heavy atom. The average Bonchev–Trinajstić information content (AvgIpc) is 3.17. The highest BCUT2D eigenvalue weighted by Gasteiger charge is 2.19. The second kappa shape index (κ2) is 7.06. The SMILES string of the molecule is Cc1cnc(-c2c(C)cc(C)c3c2oc2cc4ccccc4cc23)cc1-c1ccccc1. The fourth-order valence-electron chi connectivity index (χ4n) is 4.91. The standard InChI is InChI=1S/C30H23NO/c1-18-13-19(2)29(26-16-24(20(3)17-31-26)21-9-5-4-6-10-21)30-28(18)25-14-22-11-7-8-12-23(22)15-27(25)32-30/h4-17H,1-3H3. The lowest BCUT2D eigenvalue weighted by Crippen LogP contribution is -1.93. The number of hydrogen-bond acceptors (Lipinski definition) is 2. The van der Waals surface area contributed by atoms with Crippen molar-refractivity contribution < 1.29 is 4.42 Å². The van der Waals surface area contributed by atoms with Gasteiger partial charge in [0.25, 0.3) is 0 Å². The van der Waals surface area contributed by atoms with Crippen molar-refractivity contribution in [2.45, 2.75) is 20.8 Å². The molecule has 0 spiro atoms. The number of pyridine rings is 1. The summed E-state index contributed by atoms with van der Waals surface area (Å²) in [4.78, 5) is 4.84. The summed E-state index contributed by atoms with van der Waals surface area (Å²) in [6.07, 6.45) is 1.97. The van der Waals surface area contributed by atoms with Gasteiger partial charge in [0.2, 0.25) is 0 Å². The predicted molar refractivity (Wildman–Crippen MR) is 134 cm³/mol. The third-order valence-electron chi connectivity index (χ3n) is 6.45. The Labute approximate surface area is 187 Å². The van der Waals surface area contributed by atoms with Gasteiger partial charge in [0.15, 0.2) is 0 Å². The molecule has 0 aliphatic rings. The van der Waals surface area contributed by atoms with Gasteiger partial charge in [0.1, 0.15) is 11.2 Å². The van der Waals surface area contributed by atoms with Gasteiger partial charge in [-0.05, 0) is 77.6 Å². The molecule has 0 aliphatic carbocycles. The predicted octanol–water partition coefficient (Wildman–Crippen LogP) is 8.39. The highest BCUT2D eigenvalue weighted by molar-refractivity contribution is 6.14. The first kappa shape index (κ1) is 18.8. The van der Waals surface area contributed by atoms with Gasteiger partial charge in [0, 0.05) is 22.5 Å². The molecule has 0 atom stereocenters. The van der Waals surface area contributed by atoms with E-state index < -0.39 is 0 Å². The average molecular weight is 414 g/mol. The quantitative estimate of drug-likeness (QED) is 0.285. The maximum atomic E-state index is 6.54. The van der Waals surface area contributed by atoms with Crippen molar-refractivity contribution in [3.8, 4) is 22.4 Å². The van der Waals surface area contributed by atoms with Crippen LogP contribution in [0.3, 0.4) is 0 Å². The van der Waals surface area contributed by atoms with Crippen molar-refractivity contribution in [3.63, 3.8) is 0 Å². The molecule has 0 saturated heterocycles. The minimum atomic E-state index is 0.920. The van der Waals surface area contributed by atoms with E-state index in [1.807, 2.05) is 12.3 Å². The van der Waals surface area contributed by atoms with Crippen LogP contribution in [0.1, 0.15) is 16.7 Å². The number of aryl methyl sites for hydroxylation is 3. The van der Waals surface area contributed by atoms with Gasteiger partial charge in [-0.25, -0.2) is 0 Å². The molecule has 154 valence electrons. The molecule has 2 heteroatoms. The summed E-state index contributed by atoms with van der Waals surface area (Å²) < 4.78 is 6.54. The molecule has 6 aromatic rings. The molecule has 0 saturated carbocycles. The normalized spacial score (nSPS) is 11.6. The Morgan fingerprint density at radius 3 is 2.19 bits per heavy atom. The summed E-state index contributed by atoms with van der Waals surface area (Å²) in [6, 6.07) is 27.8. The largest absolute Gasteiger partial charge is 0.455 e. The zero-order chi connectivity index (χ0) is 21.8. The summed E-state index contributed by atoms with van der Waals surface area (Å²) in [6.45, 7) is 6.43. The monoisotopic (exact) mass is 413 g/mol. The lowest BCUT2D eigenvalue weighted by atomic mass is 9.94. The topological polar surface area (TPSA) is 26.0 Å². The summed E-state index contributed by atoms with van der Waals surface area (Å²) in [5.74, 6) is 0. The van der Waals surface area contributed by atoms with E-state index in [2.05, 4.69) is 93.6 Å². The summed E-state index contributed by atoms with van der Waals surface area (Å²) in [5.41, 5.74) is 9.82. The highest BCUT2D eigenvalue weighted by Crippen LogP contribution is 2.41. The van der Waals surface area contributed by atoms with Crippen molar-refractivity contribution in [1.29, 1.82) is 0 Å². The first-order valence-electron chi connectivity index (χ1n) is 11.0. The number of nitrogens with zero attached hydrogens (tertiary/aromatic N) is 1. The van der Waals surface area contributed by atoms with E-state index in [1.54, 1.807) is 0 Å². The molecule has 0 N–H and O–H groups in total. The zero-order valence-corrected chi connectivity index (χ0v) is 18.4. The van der Waals surface area contributed by atoms with Crippen molar-refractivity contribution >= 4 is 32.7 Å². The fourth-order valence-corrected chi connectivity index (χ4v) is 4.91. The van der Waals surface area contributed by atoms with Crippen LogP contribution in [0.15, 0.2) is 89.5 Å². The Hall–Kier alpha value is -3.91.